The number of hydrogen-bond acceptors (Lipinski definition) is 5. The summed E-state index contributed by atoms with van der Waals surface area (Å²) in [5.41, 5.74) is 0. The lowest BCUT2D eigenvalue weighted by atomic mass is 10.5. The summed E-state index contributed by atoms with van der Waals surface area (Å²) in [6.45, 7) is -0.218. The highest BCUT2D eigenvalue weighted by Gasteiger charge is 2.13. The third-order valence-electron chi connectivity index (χ3n) is 1.40. The molecule has 0 amide bonds. The predicted octanol–water partition coefficient (Wildman–Crippen LogP) is 0.000700. The van der Waals surface area contributed by atoms with E-state index in [1.165, 1.54) is 12.1 Å². The molecule has 0 aliphatic rings. The number of nitro groups is 1. The van der Waals surface area contributed by atoms with Gasteiger partial charge in [0, 0.05) is 0 Å². The van der Waals surface area contributed by atoms with Crippen molar-refractivity contribution in [3.05, 3.63) is 28.0 Å². The van der Waals surface area contributed by atoms with Crippen molar-refractivity contribution in [2.75, 3.05) is 13.2 Å². The van der Waals surface area contributed by atoms with Gasteiger partial charge in [0.2, 0.25) is 12.3 Å². The molecule has 0 saturated heterocycles. The molecule has 7 nitrogen and oxygen atoms in total. The molecule has 1 aromatic rings. The number of rotatable bonds is 4. The standard InChI is InChI=1S/C7H9N2O5/c10-4-3-8(11)5-6-1-2-7(14-6)9(12)13/h1-2,5,10-11H,3-4H2/q+1/b8-5+. The van der Waals surface area contributed by atoms with Gasteiger partial charge in [-0.25, -0.2) is 0 Å². The Morgan fingerprint density at radius 1 is 1.57 bits per heavy atom. The minimum Gasteiger partial charge on any atom is -0.395 e. The number of furan rings is 1. The molecule has 0 bridgehead atoms. The van der Waals surface area contributed by atoms with Crippen LogP contribution in [0.15, 0.2) is 16.5 Å². The van der Waals surface area contributed by atoms with Crippen LogP contribution in [0.25, 0.3) is 0 Å². The van der Waals surface area contributed by atoms with Crippen LogP contribution in [-0.2, 0) is 0 Å². The summed E-state index contributed by atoms with van der Waals surface area (Å²) in [6.07, 6.45) is 1.14. The summed E-state index contributed by atoms with van der Waals surface area (Å²) in [5.74, 6) is -0.249. The van der Waals surface area contributed by atoms with E-state index >= 15 is 0 Å². The van der Waals surface area contributed by atoms with E-state index in [9.17, 15) is 10.1 Å². The smallest absolute Gasteiger partial charge is 0.395 e. The number of nitrogens with zero attached hydrogens (tertiary/aromatic N) is 2. The first kappa shape index (κ1) is 10.2. The first-order valence-corrected chi connectivity index (χ1v) is 3.79. The van der Waals surface area contributed by atoms with E-state index in [-0.39, 0.29) is 18.9 Å². The predicted molar refractivity (Wildman–Crippen MR) is 44.5 cm³/mol. The van der Waals surface area contributed by atoms with E-state index in [0.717, 1.165) is 6.21 Å². The molecule has 1 heterocycles. The number of hydroxylamine groups is 1. The normalized spacial score (nSPS) is 11.6. The molecule has 0 aromatic carbocycles. The molecule has 76 valence electrons. The van der Waals surface area contributed by atoms with Gasteiger partial charge in [-0.15, -0.1) is 0 Å². The lowest BCUT2D eigenvalue weighted by molar-refractivity contribution is -0.771. The van der Waals surface area contributed by atoms with Gasteiger partial charge in [-0.3, -0.25) is 15.3 Å². The highest BCUT2D eigenvalue weighted by atomic mass is 16.6. The molecule has 14 heavy (non-hydrogen) atoms. The summed E-state index contributed by atoms with van der Waals surface area (Å²) in [6, 6.07) is 2.53. The van der Waals surface area contributed by atoms with Gasteiger partial charge >= 0.3 is 5.88 Å². The molecule has 0 spiro atoms. The molecule has 0 fully saturated rings. The van der Waals surface area contributed by atoms with E-state index < -0.39 is 10.8 Å². The molecule has 0 aliphatic carbocycles. The van der Waals surface area contributed by atoms with Crippen LogP contribution in [-0.4, -0.2) is 39.3 Å². The van der Waals surface area contributed by atoms with Gasteiger partial charge in [0.15, 0.2) is 0 Å². The Hall–Kier alpha value is -1.89. The van der Waals surface area contributed by atoms with Crippen molar-refractivity contribution >= 4 is 12.1 Å². The van der Waals surface area contributed by atoms with Crippen molar-refractivity contribution in [2.24, 2.45) is 0 Å². The first-order valence-electron chi connectivity index (χ1n) is 3.79. The van der Waals surface area contributed by atoms with Crippen LogP contribution in [0.4, 0.5) is 5.88 Å². The zero-order chi connectivity index (χ0) is 10.6. The van der Waals surface area contributed by atoms with Gasteiger partial charge in [0.25, 0.3) is 6.21 Å². The zero-order valence-electron chi connectivity index (χ0n) is 7.16. The van der Waals surface area contributed by atoms with Crippen LogP contribution >= 0.6 is 0 Å². The van der Waals surface area contributed by atoms with Crippen LogP contribution in [0.5, 0.6) is 0 Å². The molecule has 1 aromatic heterocycles. The van der Waals surface area contributed by atoms with Crippen molar-refractivity contribution in [1.29, 1.82) is 0 Å². The first-order chi connectivity index (χ1) is 6.63. The lowest BCUT2D eigenvalue weighted by Crippen LogP contribution is -2.13. The van der Waals surface area contributed by atoms with Crippen LogP contribution < -0.4 is 0 Å². The number of hydrogen-bond donors (Lipinski definition) is 2. The second kappa shape index (κ2) is 4.38. The average Bonchev–Trinajstić information content (AvgIpc) is 2.53. The van der Waals surface area contributed by atoms with E-state index in [0.29, 0.717) is 4.74 Å². The molecule has 0 radical (unpaired) electrons. The van der Waals surface area contributed by atoms with E-state index in [1.807, 2.05) is 0 Å². The molecule has 0 atom stereocenters. The summed E-state index contributed by atoms with van der Waals surface area (Å²) in [5, 5.41) is 27.7. The molecule has 0 aliphatic heterocycles. The van der Waals surface area contributed by atoms with Crippen molar-refractivity contribution in [2.45, 2.75) is 0 Å². The highest BCUT2D eigenvalue weighted by Crippen LogP contribution is 2.13. The summed E-state index contributed by atoms with van der Waals surface area (Å²) >= 11 is 0. The van der Waals surface area contributed by atoms with Gasteiger partial charge < -0.3 is 9.52 Å². The monoisotopic (exact) mass is 201 g/mol. The highest BCUT2D eigenvalue weighted by molar-refractivity contribution is 5.71. The summed E-state index contributed by atoms with van der Waals surface area (Å²) < 4.78 is 5.41. The van der Waals surface area contributed by atoms with Gasteiger partial charge in [-0.05, 0) is 10.8 Å². The summed E-state index contributed by atoms with van der Waals surface area (Å²) in [7, 11) is 0. The lowest BCUT2D eigenvalue weighted by Gasteiger charge is -1.86. The van der Waals surface area contributed by atoms with Crippen molar-refractivity contribution < 1.29 is 24.4 Å². The van der Waals surface area contributed by atoms with Crippen molar-refractivity contribution in [1.82, 2.24) is 0 Å². The van der Waals surface area contributed by atoms with Crippen LogP contribution in [0.2, 0.25) is 0 Å². The molecular weight excluding hydrogens is 192 g/mol. The topological polar surface area (TPSA) is 99.8 Å². The molecule has 7 heteroatoms. The van der Waals surface area contributed by atoms with Crippen molar-refractivity contribution in [3.8, 4) is 0 Å². The minimum absolute atomic E-state index is 0.00843. The van der Waals surface area contributed by atoms with Crippen LogP contribution in [0.1, 0.15) is 5.76 Å². The number of aliphatic hydroxyl groups excluding tert-OH is 1. The average molecular weight is 201 g/mol. The molecular formula is C7H9N2O5+. The third-order valence-corrected chi connectivity index (χ3v) is 1.40. The Kier molecular flexibility index (Phi) is 3.19. The van der Waals surface area contributed by atoms with Gasteiger partial charge in [-0.1, -0.05) is 0 Å². The van der Waals surface area contributed by atoms with Crippen LogP contribution in [0, 0.1) is 10.1 Å². The van der Waals surface area contributed by atoms with E-state index in [2.05, 4.69) is 0 Å². The minimum atomic E-state index is -0.675. The fourth-order valence-electron chi connectivity index (χ4n) is 0.824. The fraction of sp³-hybridized carbons (Fsp3) is 0.286. The van der Waals surface area contributed by atoms with E-state index in [4.69, 9.17) is 14.7 Å². The van der Waals surface area contributed by atoms with Gasteiger partial charge in [0.05, 0.1) is 6.07 Å². The molecule has 2 N–H and O–H groups in total. The fourth-order valence-corrected chi connectivity index (χ4v) is 0.824. The van der Waals surface area contributed by atoms with Gasteiger partial charge in [0.1, 0.15) is 11.5 Å². The van der Waals surface area contributed by atoms with Crippen molar-refractivity contribution in [3.63, 3.8) is 0 Å². The Bertz CT molecular complexity index is 357. The summed E-state index contributed by atoms with van der Waals surface area (Å²) in [4.78, 5) is 9.53. The second-order valence-electron chi connectivity index (χ2n) is 2.45. The molecule has 1 rings (SSSR count). The Morgan fingerprint density at radius 2 is 2.29 bits per heavy atom. The van der Waals surface area contributed by atoms with Gasteiger partial charge in [-0.2, -0.15) is 0 Å². The maximum absolute atomic E-state index is 10.2. The van der Waals surface area contributed by atoms with Crippen LogP contribution in [0.3, 0.4) is 0 Å². The Morgan fingerprint density at radius 3 is 2.79 bits per heavy atom. The molecule has 0 saturated carbocycles. The maximum Gasteiger partial charge on any atom is 0.433 e. The quantitative estimate of drug-likeness (QED) is 0.235. The third kappa shape index (κ3) is 2.56. The largest absolute Gasteiger partial charge is 0.433 e. The number of aliphatic hydroxyl groups is 1. The molecule has 0 unspecified atom stereocenters. The SMILES string of the molecule is O=[N+]([O-])c1ccc(/C=[N+](/O)CCO)o1. The maximum atomic E-state index is 10.2. The van der Waals surface area contributed by atoms with E-state index in [1.54, 1.807) is 0 Å². The Labute approximate surface area is 78.6 Å². The Balaban J connectivity index is 2.77. The zero-order valence-corrected chi connectivity index (χ0v) is 7.16. The second-order valence-corrected chi connectivity index (χ2v) is 2.45.